The van der Waals surface area contributed by atoms with E-state index in [4.69, 9.17) is 0 Å². The molecule has 162 valence electrons. The lowest BCUT2D eigenvalue weighted by atomic mass is 9.49. The molecule has 0 saturated heterocycles. The van der Waals surface area contributed by atoms with Gasteiger partial charge in [-0.2, -0.15) is 5.10 Å². The Balaban J connectivity index is 1.23. The van der Waals surface area contributed by atoms with Crippen LogP contribution in [0.4, 0.5) is 0 Å². The van der Waals surface area contributed by atoms with Gasteiger partial charge in [0.2, 0.25) is 5.91 Å². The molecule has 4 fully saturated rings. The van der Waals surface area contributed by atoms with Crippen molar-refractivity contribution < 1.29 is 14.7 Å². The summed E-state index contributed by atoms with van der Waals surface area (Å²) in [5.41, 5.74) is 2.78. The van der Waals surface area contributed by atoms with Gasteiger partial charge in [0.05, 0.1) is 6.21 Å². The zero-order valence-electron chi connectivity index (χ0n) is 17.8. The maximum absolute atomic E-state index is 13.1. The molecular formula is C25H29N3O3. The number of hydrogen-bond acceptors (Lipinski definition) is 4. The average Bonchev–Trinajstić information content (AvgIpc) is 2.74. The molecule has 2 amide bonds. The molecular weight excluding hydrogens is 390 g/mol. The van der Waals surface area contributed by atoms with Gasteiger partial charge in [0.1, 0.15) is 11.8 Å². The summed E-state index contributed by atoms with van der Waals surface area (Å²) in [6.45, 7) is 1.69. The summed E-state index contributed by atoms with van der Waals surface area (Å²) in [7, 11) is 0. The minimum absolute atomic E-state index is 0.0323. The van der Waals surface area contributed by atoms with Gasteiger partial charge in [-0.1, -0.05) is 30.3 Å². The standard InChI is InChI=1S/C25H29N3O3/c1-15(27-24(31)25-11-16-8-17(12-25)10-18(9-16)13-25)23(30)28-26-14-21-20-5-3-2-4-19(20)6-7-22(21)29/h2-7,14-18,29H,8-13H2,1H3,(H,27,31)(H,28,30)/b26-14+/t15-,16?,17?,18?,25?/m0/s1. The largest absolute Gasteiger partial charge is 0.507 e. The van der Waals surface area contributed by atoms with E-state index in [1.807, 2.05) is 30.3 Å². The van der Waals surface area contributed by atoms with Gasteiger partial charge >= 0.3 is 0 Å². The van der Waals surface area contributed by atoms with Crippen LogP contribution in [0.1, 0.15) is 51.0 Å². The molecule has 4 saturated carbocycles. The molecule has 0 radical (unpaired) electrons. The van der Waals surface area contributed by atoms with E-state index < -0.39 is 6.04 Å². The van der Waals surface area contributed by atoms with Crippen molar-refractivity contribution in [2.24, 2.45) is 28.3 Å². The molecule has 6 nitrogen and oxygen atoms in total. The van der Waals surface area contributed by atoms with Crippen molar-refractivity contribution in [3.8, 4) is 5.75 Å². The number of carbonyl (C=O) groups is 2. The number of hydrazone groups is 1. The van der Waals surface area contributed by atoms with Gasteiger partial charge in [-0.05, 0) is 80.0 Å². The van der Waals surface area contributed by atoms with E-state index in [0.29, 0.717) is 23.3 Å². The Hall–Kier alpha value is -2.89. The summed E-state index contributed by atoms with van der Waals surface area (Å²) in [4.78, 5) is 25.7. The van der Waals surface area contributed by atoms with Gasteiger partial charge < -0.3 is 10.4 Å². The first-order chi connectivity index (χ1) is 14.9. The van der Waals surface area contributed by atoms with Gasteiger partial charge in [-0.25, -0.2) is 5.43 Å². The van der Waals surface area contributed by atoms with Crippen molar-refractivity contribution in [1.82, 2.24) is 10.7 Å². The Bertz CT molecular complexity index is 1030. The highest BCUT2D eigenvalue weighted by Crippen LogP contribution is 2.60. The average molecular weight is 420 g/mol. The van der Waals surface area contributed by atoms with Gasteiger partial charge in [-0.3, -0.25) is 9.59 Å². The van der Waals surface area contributed by atoms with E-state index in [1.54, 1.807) is 13.0 Å². The quantitative estimate of drug-likeness (QED) is 0.510. The molecule has 0 unspecified atom stereocenters. The number of nitrogens with one attached hydrogen (secondary N) is 2. The third kappa shape index (κ3) is 3.68. The van der Waals surface area contributed by atoms with Crippen LogP contribution in [0.5, 0.6) is 5.75 Å². The highest BCUT2D eigenvalue weighted by molar-refractivity contribution is 6.02. The molecule has 0 spiro atoms. The molecule has 0 aliphatic heterocycles. The maximum Gasteiger partial charge on any atom is 0.262 e. The van der Waals surface area contributed by atoms with Crippen LogP contribution in [-0.2, 0) is 9.59 Å². The van der Waals surface area contributed by atoms with Crippen LogP contribution in [0.2, 0.25) is 0 Å². The normalized spacial score (nSPS) is 29.9. The van der Waals surface area contributed by atoms with Gasteiger partial charge in [-0.15, -0.1) is 0 Å². The monoisotopic (exact) mass is 419 g/mol. The number of carbonyl (C=O) groups excluding carboxylic acids is 2. The predicted molar refractivity (Wildman–Crippen MR) is 120 cm³/mol. The fourth-order valence-electron chi connectivity index (χ4n) is 6.48. The molecule has 4 aliphatic rings. The maximum atomic E-state index is 13.1. The molecule has 2 aromatic rings. The summed E-state index contributed by atoms with van der Waals surface area (Å²) < 4.78 is 0. The van der Waals surface area contributed by atoms with Crippen molar-refractivity contribution in [3.63, 3.8) is 0 Å². The third-order valence-electron chi connectivity index (χ3n) is 7.58. The van der Waals surface area contributed by atoms with Crippen LogP contribution in [0.25, 0.3) is 10.8 Å². The van der Waals surface area contributed by atoms with E-state index in [-0.39, 0.29) is 23.0 Å². The van der Waals surface area contributed by atoms with Crippen LogP contribution in [0.15, 0.2) is 41.5 Å². The second-order valence-electron chi connectivity index (χ2n) is 9.85. The number of rotatable bonds is 5. The van der Waals surface area contributed by atoms with Crippen LogP contribution in [-0.4, -0.2) is 29.2 Å². The van der Waals surface area contributed by atoms with E-state index >= 15 is 0 Å². The Kier molecular flexibility index (Phi) is 4.95. The fourth-order valence-corrected chi connectivity index (χ4v) is 6.48. The summed E-state index contributed by atoms with van der Waals surface area (Å²) >= 11 is 0. The number of hydrogen-bond donors (Lipinski definition) is 3. The van der Waals surface area contributed by atoms with Gasteiger partial charge in [0, 0.05) is 11.0 Å². The lowest BCUT2D eigenvalue weighted by Gasteiger charge is -2.55. The summed E-state index contributed by atoms with van der Waals surface area (Å²) in [5, 5.41) is 19.0. The molecule has 4 bridgehead atoms. The molecule has 1 atom stereocenters. The highest BCUT2D eigenvalue weighted by atomic mass is 16.3. The van der Waals surface area contributed by atoms with Crippen LogP contribution in [0, 0.1) is 23.2 Å². The third-order valence-corrected chi connectivity index (χ3v) is 7.58. The second-order valence-corrected chi connectivity index (χ2v) is 9.85. The minimum atomic E-state index is -0.668. The zero-order valence-corrected chi connectivity index (χ0v) is 17.8. The van der Waals surface area contributed by atoms with E-state index in [0.717, 1.165) is 30.0 Å². The zero-order chi connectivity index (χ0) is 21.6. The number of phenols is 1. The first-order valence-electron chi connectivity index (χ1n) is 11.3. The predicted octanol–water partition coefficient (Wildman–Crippen LogP) is 3.72. The SMILES string of the molecule is C[C@H](NC(=O)C12CC3CC(CC(C3)C1)C2)C(=O)N/N=C/c1c(O)ccc2ccccc12. The number of nitrogens with zero attached hydrogens (tertiary/aromatic N) is 1. The molecule has 0 aromatic heterocycles. The lowest BCUT2D eigenvalue weighted by molar-refractivity contribution is -0.148. The smallest absolute Gasteiger partial charge is 0.262 e. The Morgan fingerprint density at radius 2 is 1.71 bits per heavy atom. The van der Waals surface area contributed by atoms with Crippen molar-refractivity contribution in [2.45, 2.75) is 51.5 Å². The van der Waals surface area contributed by atoms with Gasteiger partial charge in [0.25, 0.3) is 5.91 Å². The first kappa shape index (κ1) is 20.0. The molecule has 3 N–H and O–H groups in total. The summed E-state index contributed by atoms with van der Waals surface area (Å²) in [5.74, 6) is 1.80. The van der Waals surface area contributed by atoms with Crippen LogP contribution in [0.3, 0.4) is 0 Å². The molecule has 6 rings (SSSR count). The number of aromatic hydroxyl groups is 1. The minimum Gasteiger partial charge on any atom is -0.507 e. The number of amides is 2. The molecule has 2 aromatic carbocycles. The fraction of sp³-hybridized carbons (Fsp3) is 0.480. The molecule has 31 heavy (non-hydrogen) atoms. The number of benzene rings is 2. The van der Waals surface area contributed by atoms with Crippen molar-refractivity contribution in [3.05, 3.63) is 42.0 Å². The first-order valence-corrected chi connectivity index (χ1v) is 11.3. The van der Waals surface area contributed by atoms with Crippen molar-refractivity contribution in [2.75, 3.05) is 0 Å². The molecule has 4 aliphatic carbocycles. The van der Waals surface area contributed by atoms with Crippen LogP contribution < -0.4 is 10.7 Å². The topological polar surface area (TPSA) is 90.8 Å². The van der Waals surface area contributed by atoms with E-state index in [2.05, 4.69) is 15.8 Å². The lowest BCUT2D eigenvalue weighted by Crippen LogP contribution is -2.56. The Morgan fingerprint density at radius 3 is 2.39 bits per heavy atom. The summed E-state index contributed by atoms with van der Waals surface area (Å²) in [6.07, 6.45) is 8.19. The summed E-state index contributed by atoms with van der Waals surface area (Å²) in [6, 6.07) is 10.4. The Labute approximate surface area is 182 Å². The Morgan fingerprint density at radius 1 is 1.06 bits per heavy atom. The van der Waals surface area contributed by atoms with E-state index in [1.165, 1.54) is 25.5 Å². The highest BCUT2D eigenvalue weighted by Gasteiger charge is 2.54. The van der Waals surface area contributed by atoms with Crippen LogP contribution >= 0.6 is 0 Å². The number of phenolic OH excluding ortho intramolecular Hbond substituents is 1. The van der Waals surface area contributed by atoms with E-state index in [9.17, 15) is 14.7 Å². The molecule has 6 heteroatoms. The van der Waals surface area contributed by atoms with Gasteiger partial charge in [0.15, 0.2) is 0 Å². The van der Waals surface area contributed by atoms with Crippen molar-refractivity contribution >= 4 is 28.8 Å². The molecule has 0 heterocycles. The van der Waals surface area contributed by atoms with Crippen molar-refractivity contribution in [1.29, 1.82) is 0 Å². The second kappa shape index (κ2) is 7.66. The number of fused-ring (bicyclic) bond motifs is 1.